The maximum atomic E-state index is 13.1. The molecule has 1 atom stereocenters. The van der Waals surface area contributed by atoms with Crippen LogP contribution in [-0.4, -0.2) is 57.3 Å². The number of ether oxygens (including phenoxy) is 4. The van der Waals surface area contributed by atoms with Gasteiger partial charge in [-0.1, -0.05) is 39.3 Å². The normalized spacial score (nSPS) is 22.9. The van der Waals surface area contributed by atoms with E-state index in [-0.39, 0.29) is 35.2 Å². The van der Waals surface area contributed by atoms with Gasteiger partial charge in [0.05, 0.1) is 30.4 Å². The van der Waals surface area contributed by atoms with Crippen LogP contribution in [0.25, 0.3) is 0 Å². The second kappa shape index (κ2) is 13.2. The van der Waals surface area contributed by atoms with Crippen LogP contribution in [0.15, 0.2) is 42.5 Å². The molecule has 4 rings (SSSR count). The number of benzene rings is 2. The van der Waals surface area contributed by atoms with Crippen molar-refractivity contribution >= 4 is 23.2 Å². The molecule has 1 aliphatic heterocycles. The Morgan fingerprint density at radius 1 is 1.07 bits per heavy atom. The monoisotopic (exact) mass is 569 g/mol. The Morgan fingerprint density at radius 3 is 2.48 bits per heavy atom. The fourth-order valence-corrected chi connectivity index (χ4v) is 6.21. The van der Waals surface area contributed by atoms with Gasteiger partial charge in [0.2, 0.25) is 0 Å². The molecule has 0 aromatic heterocycles. The van der Waals surface area contributed by atoms with Gasteiger partial charge < -0.3 is 29.6 Å². The lowest BCUT2D eigenvalue weighted by molar-refractivity contribution is -0.168. The molecule has 2 aliphatic rings. The lowest BCUT2D eigenvalue weighted by atomic mass is 9.49. The van der Waals surface area contributed by atoms with E-state index in [1.54, 1.807) is 18.2 Å². The van der Waals surface area contributed by atoms with Crippen LogP contribution in [0.3, 0.4) is 0 Å². The molecule has 8 nitrogen and oxygen atoms in total. The van der Waals surface area contributed by atoms with Gasteiger partial charge in [0.1, 0.15) is 17.9 Å². The third-order valence-electron chi connectivity index (χ3n) is 7.82. The SMILES string of the molecule is CC1(C)[C@H](NC(=O)c2ccc(NCCOCCOC3CCCCO3)cc2)C(C)(C)[C@H]1Oc1ccc(C#N)c(Cl)c1. The minimum absolute atomic E-state index is 0.0871. The molecule has 2 aromatic rings. The first-order valence-corrected chi connectivity index (χ1v) is 14.3. The number of anilines is 1. The number of carbonyl (C=O) groups excluding carboxylic acids is 1. The van der Waals surface area contributed by atoms with Gasteiger partial charge in [0, 0.05) is 47.3 Å². The van der Waals surface area contributed by atoms with Crippen molar-refractivity contribution in [3.63, 3.8) is 0 Å². The van der Waals surface area contributed by atoms with Crippen molar-refractivity contribution in [3.8, 4) is 11.8 Å². The van der Waals surface area contributed by atoms with Gasteiger partial charge in [-0.15, -0.1) is 0 Å². The summed E-state index contributed by atoms with van der Waals surface area (Å²) in [6.45, 7) is 11.4. The van der Waals surface area contributed by atoms with Crippen molar-refractivity contribution in [2.24, 2.45) is 10.8 Å². The Morgan fingerprint density at radius 2 is 1.82 bits per heavy atom. The van der Waals surface area contributed by atoms with E-state index in [4.69, 9.17) is 35.8 Å². The van der Waals surface area contributed by atoms with Gasteiger partial charge in [0.25, 0.3) is 5.91 Å². The highest BCUT2D eigenvalue weighted by Gasteiger charge is 2.64. The predicted molar refractivity (Wildman–Crippen MR) is 155 cm³/mol. The zero-order valence-corrected chi connectivity index (χ0v) is 24.6. The molecule has 2 N–H and O–H groups in total. The molecule has 1 saturated heterocycles. The van der Waals surface area contributed by atoms with Crippen molar-refractivity contribution < 1.29 is 23.7 Å². The number of carbonyl (C=O) groups is 1. The molecule has 1 saturated carbocycles. The molecule has 40 heavy (non-hydrogen) atoms. The average Bonchev–Trinajstić information content (AvgIpc) is 2.94. The molecule has 1 heterocycles. The number of nitrogens with zero attached hydrogens (tertiary/aromatic N) is 1. The van der Waals surface area contributed by atoms with Crippen molar-refractivity contribution in [1.82, 2.24) is 5.32 Å². The summed E-state index contributed by atoms with van der Waals surface area (Å²) in [5.74, 6) is 0.485. The number of hydrogen-bond donors (Lipinski definition) is 2. The molecule has 0 spiro atoms. The molecule has 9 heteroatoms. The molecule has 2 fully saturated rings. The van der Waals surface area contributed by atoms with Crippen molar-refractivity contribution in [1.29, 1.82) is 5.26 Å². The van der Waals surface area contributed by atoms with Gasteiger partial charge in [-0.3, -0.25) is 4.79 Å². The molecule has 0 bridgehead atoms. The van der Waals surface area contributed by atoms with Crippen LogP contribution in [0.2, 0.25) is 5.02 Å². The zero-order valence-electron chi connectivity index (χ0n) is 23.8. The highest BCUT2D eigenvalue weighted by atomic mass is 35.5. The molecular weight excluding hydrogens is 530 g/mol. The minimum atomic E-state index is -0.324. The van der Waals surface area contributed by atoms with Crippen LogP contribution in [0, 0.1) is 22.2 Å². The fourth-order valence-electron chi connectivity index (χ4n) is 6.00. The summed E-state index contributed by atoms with van der Waals surface area (Å²) in [4.78, 5) is 13.1. The first kappa shape index (κ1) is 30.1. The Labute approximate surface area is 242 Å². The highest BCUT2D eigenvalue weighted by molar-refractivity contribution is 6.31. The fraction of sp³-hybridized carbons (Fsp3) is 0.548. The lowest BCUT2D eigenvalue weighted by Crippen LogP contribution is -2.74. The van der Waals surface area contributed by atoms with Crippen molar-refractivity contribution in [2.75, 3.05) is 38.3 Å². The van der Waals surface area contributed by atoms with E-state index in [2.05, 4.69) is 44.4 Å². The van der Waals surface area contributed by atoms with Crippen LogP contribution in [0.5, 0.6) is 5.75 Å². The zero-order chi connectivity index (χ0) is 28.8. The molecule has 1 amide bonds. The molecular formula is C31H40ClN3O5. The molecule has 1 unspecified atom stereocenters. The highest BCUT2D eigenvalue weighted by Crippen LogP contribution is 2.55. The van der Waals surface area contributed by atoms with Gasteiger partial charge in [0.15, 0.2) is 6.29 Å². The number of halogens is 1. The summed E-state index contributed by atoms with van der Waals surface area (Å²) in [6, 6.07) is 14.5. The van der Waals surface area contributed by atoms with E-state index in [1.807, 2.05) is 24.3 Å². The van der Waals surface area contributed by atoms with Gasteiger partial charge >= 0.3 is 0 Å². The largest absolute Gasteiger partial charge is 0.489 e. The molecule has 216 valence electrons. The second-order valence-corrected chi connectivity index (χ2v) is 12.0. The number of nitriles is 1. The predicted octanol–water partition coefficient (Wildman–Crippen LogP) is 5.80. The van der Waals surface area contributed by atoms with Crippen molar-refractivity contribution in [3.05, 3.63) is 58.6 Å². The number of amides is 1. The second-order valence-electron chi connectivity index (χ2n) is 11.6. The van der Waals surface area contributed by atoms with Crippen LogP contribution < -0.4 is 15.4 Å². The maximum Gasteiger partial charge on any atom is 0.251 e. The standard InChI is InChI=1S/C31H40ClN3O5/c1-30(2)28(31(3,4)29(30)40-24-13-10-22(20-33)25(32)19-24)35-27(36)21-8-11-23(12-9-21)34-14-16-37-17-18-39-26-7-5-6-15-38-26/h8-13,19,26,28-29,34H,5-7,14-18H2,1-4H3,(H,35,36)/t26?,28-,29-. The van der Waals surface area contributed by atoms with Gasteiger partial charge in [-0.2, -0.15) is 5.26 Å². The number of hydrogen-bond acceptors (Lipinski definition) is 7. The Bertz CT molecular complexity index is 1170. The van der Waals surface area contributed by atoms with Crippen LogP contribution in [-0.2, 0) is 14.2 Å². The Hall–Kier alpha value is -2.83. The Balaban J connectivity index is 1.21. The third-order valence-corrected chi connectivity index (χ3v) is 8.13. The summed E-state index contributed by atoms with van der Waals surface area (Å²) in [5, 5.41) is 16.0. The maximum absolute atomic E-state index is 13.1. The minimum Gasteiger partial charge on any atom is -0.489 e. The smallest absolute Gasteiger partial charge is 0.251 e. The van der Waals surface area contributed by atoms with Gasteiger partial charge in [-0.05, 0) is 55.7 Å². The van der Waals surface area contributed by atoms with Crippen LogP contribution in [0.4, 0.5) is 5.69 Å². The third kappa shape index (κ3) is 7.08. The molecule has 0 radical (unpaired) electrons. The van der Waals surface area contributed by atoms with Gasteiger partial charge in [-0.25, -0.2) is 0 Å². The van der Waals surface area contributed by atoms with E-state index >= 15 is 0 Å². The number of rotatable bonds is 12. The van der Waals surface area contributed by atoms with Crippen molar-refractivity contribution in [2.45, 2.75) is 65.4 Å². The van der Waals surface area contributed by atoms with Crippen LogP contribution >= 0.6 is 11.6 Å². The quantitative estimate of drug-likeness (QED) is 0.312. The number of nitrogens with one attached hydrogen (secondary N) is 2. The van der Waals surface area contributed by atoms with E-state index < -0.39 is 0 Å². The van der Waals surface area contributed by atoms with E-state index in [0.29, 0.717) is 48.3 Å². The summed E-state index contributed by atoms with van der Waals surface area (Å²) in [5.41, 5.74) is 1.28. The first-order valence-electron chi connectivity index (χ1n) is 13.9. The summed E-state index contributed by atoms with van der Waals surface area (Å²) < 4.78 is 23.2. The topological polar surface area (TPSA) is 102 Å². The summed E-state index contributed by atoms with van der Waals surface area (Å²) in [7, 11) is 0. The van der Waals surface area contributed by atoms with E-state index in [1.165, 1.54) is 0 Å². The Kier molecular flexibility index (Phi) is 9.96. The average molecular weight is 570 g/mol. The lowest BCUT2D eigenvalue weighted by Gasteiger charge is -2.63. The molecule has 2 aromatic carbocycles. The first-order chi connectivity index (χ1) is 19.1. The molecule has 1 aliphatic carbocycles. The summed E-state index contributed by atoms with van der Waals surface area (Å²) >= 11 is 6.19. The van der Waals surface area contributed by atoms with E-state index in [0.717, 1.165) is 31.6 Å². The van der Waals surface area contributed by atoms with E-state index in [9.17, 15) is 4.79 Å². The summed E-state index contributed by atoms with van der Waals surface area (Å²) in [6.07, 6.45) is 2.97. The van der Waals surface area contributed by atoms with Crippen LogP contribution in [0.1, 0.15) is 62.9 Å².